The molecule has 0 saturated heterocycles. The molecule has 0 aliphatic heterocycles. The van der Waals surface area contributed by atoms with Crippen molar-refractivity contribution in [3.05, 3.63) is 132 Å². The molecule has 1 heteroatoms. The molecule has 31 heavy (non-hydrogen) atoms. The molecule has 0 aliphatic carbocycles. The van der Waals surface area contributed by atoms with Crippen LogP contribution in [0.3, 0.4) is 0 Å². The third kappa shape index (κ3) is 4.03. The highest BCUT2D eigenvalue weighted by molar-refractivity contribution is 6.31. The molecule has 0 fully saturated rings. The normalized spacial score (nSPS) is 10.7. The van der Waals surface area contributed by atoms with Crippen LogP contribution in [0.2, 0.25) is 5.02 Å². The average Bonchev–Trinajstić information content (AvgIpc) is 2.85. The Kier molecular flexibility index (Phi) is 5.39. The van der Waals surface area contributed by atoms with Gasteiger partial charge in [0.1, 0.15) is 0 Å². The van der Waals surface area contributed by atoms with Crippen LogP contribution in [0.1, 0.15) is 0 Å². The minimum Gasteiger partial charge on any atom is -0.0843 e. The minimum absolute atomic E-state index is 0.734. The molecule has 0 saturated carbocycles. The van der Waals surface area contributed by atoms with E-state index < -0.39 is 0 Å². The molecule has 0 nitrogen and oxygen atoms in total. The fraction of sp³-hybridized carbons (Fsp3) is 0. The maximum Gasteiger partial charge on any atom is 0.0418 e. The van der Waals surface area contributed by atoms with Crippen molar-refractivity contribution in [1.29, 1.82) is 0 Å². The predicted molar refractivity (Wildman–Crippen MR) is 133 cm³/mol. The van der Waals surface area contributed by atoms with Gasteiger partial charge in [-0.25, -0.2) is 0 Å². The smallest absolute Gasteiger partial charge is 0.0418 e. The highest BCUT2D eigenvalue weighted by Crippen LogP contribution is 2.38. The van der Waals surface area contributed by atoms with Gasteiger partial charge in [0.05, 0.1) is 0 Å². The molecule has 0 spiro atoms. The Morgan fingerprint density at radius 1 is 0.323 bits per heavy atom. The van der Waals surface area contributed by atoms with Crippen LogP contribution < -0.4 is 0 Å². The van der Waals surface area contributed by atoms with E-state index in [1.165, 1.54) is 33.4 Å². The van der Waals surface area contributed by atoms with Gasteiger partial charge in [-0.2, -0.15) is 0 Å². The summed E-state index contributed by atoms with van der Waals surface area (Å²) in [7, 11) is 0. The summed E-state index contributed by atoms with van der Waals surface area (Å²) in [5.41, 5.74) is 9.38. The molecule has 0 unspecified atom stereocenters. The van der Waals surface area contributed by atoms with Crippen molar-refractivity contribution in [2.24, 2.45) is 0 Å². The Balaban J connectivity index is 1.68. The molecule has 5 rings (SSSR count). The molecule has 0 atom stereocenters. The van der Waals surface area contributed by atoms with E-state index in [1.54, 1.807) is 0 Å². The Morgan fingerprint density at radius 3 is 1.03 bits per heavy atom. The van der Waals surface area contributed by atoms with E-state index in [2.05, 4.69) is 115 Å². The lowest BCUT2D eigenvalue weighted by atomic mass is 9.90. The molecule has 0 bridgehead atoms. The van der Waals surface area contributed by atoms with Crippen molar-refractivity contribution in [1.82, 2.24) is 0 Å². The molecule has 0 radical (unpaired) electrons. The summed E-state index contributed by atoms with van der Waals surface area (Å²) < 4.78 is 0. The molecule has 148 valence electrons. The first-order valence-electron chi connectivity index (χ1n) is 10.4. The number of hydrogen-bond acceptors (Lipinski definition) is 0. The quantitative estimate of drug-likeness (QED) is 0.274. The molecule has 0 heterocycles. The molecule has 0 N–H and O–H groups in total. The van der Waals surface area contributed by atoms with Gasteiger partial charge < -0.3 is 0 Å². The van der Waals surface area contributed by atoms with Gasteiger partial charge in [0, 0.05) is 5.02 Å². The first-order valence-corrected chi connectivity index (χ1v) is 10.8. The van der Waals surface area contributed by atoms with Crippen LogP contribution in [0.5, 0.6) is 0 Å². The van der Waals surface area contributed by atoms with E-state index in [0.717, 1.165) is 16.1 Å². The van der Waals surface area contributed by atoms with Gasteiger partial charge in [0.25, 0.3) is 0 Å². The summed E-state index contributed by atoms with van der Waals surface area (Å²) in [5, 5.41) is 0.734. The zero-order chi connectivity index (χ0) is 21.0. The summed E-state index contributed by atoms with van der Waals surface area (Å²) in [6.45, 7) is 0. The zero-order valence-corrected chi connectivity index (χ0v) is 17.8. The van der Waals surface area contributed by atoms with Gasteiger partial charge in [-0.15, -0.1) is 0 Å². The predicted octanol–water partition coefficient (Wildman–Crippen LogP) is 9.01. The summed E-state index contributed by atoms with van der Waals surface area (Å²) in [4.78, 5) is 0. The topological polar surface area (TPSA) is 0 Å². The van der Waals surface area contributed by atoms with E-state index in [9.17, 15) is 0 Å². The maximum atomic E-state index is 6.65. The fourth-order valence-electron chi connectivity index (χ4n) is 4.11. The zero-order valence-electron chi connectivity index (χ0n) is 17.0. The number of rotatable bonds is 4. The lowest BCUT2D eigenvalue weighted by Crippen LogP contribution is -1.89. The molecule has 0 aliphatic rings. The summed E-state index contributed by atoms with van der Waals surface area (Å²) in [6.07, 6.45) is 0. The monoisotopic (exact) mass is 416 g/mol. The van der Waals surface area contributed by atoms with E-state index >= 15 is 0 Å². The van der Waals surface area contributed by atoms with Crippen LogP contribution in [-0.2, 0) is 0 Å². The van der Waals surface area contributed by atoms with Gasteiger partial charge >= 0.3 is 0 Å². The van der Waals surface area contributed by atoms with Gasteiger partial charge in [0.2, 0.25) is 0 Å². The van der Waals surface area contributed by atoms with E-state index in [1.807, 2.05) is 12.1 Å². The molecule has 0 amide bonds. The molecule has 5 aromatic rings. The van der Waals surface area contributed by atoms with E-state index in [4.69, 9.17) is 11.6 Å². The van der Waals surface area contributed by atoms with Crippen LogP contribution in [0.25, 0.3) is 44.5 Å². The second-order valence-electron chi connectivity index (χ2n) is 7.55. The second-order valence-corrected chi connectivity index (χ2v) is 7.99. The van der Waals surface area contributed by atoms with Crippen LogP contribution in [0, 0.1) is 0 Å². The van der Waals surface area contributed by atoms with Crippen molar-refractivity contribution in [3.8, 4) is 44.5 Å². The molecule has 5 aromatic carbocycles. The van der Waals surface area contributed by atoms with Crippen LogP contribution in [0.4, 0.5) is 0 Å². The summed E-state index contributed by atoms with van der Waals surface area (Å²) >= 11 is 6.65. The molecule has 0 aromatic heterocycles. The lowest BCUT2D eigenvalue weighted by molar-refractivity contribution is 1.56. The first-order chi connectivity index (χ1) is 15.3. The SMILES string of the molecule is Clc1cc(-c2ccccc2-c2ccccc2)cc(-c2ccccc2-c2ccccc2)c1. The highest BCUT2D eigenvalue weighted by atomic mass is 35.5. The third-order valence-electron chi connectivity index (χ3n) is 5.54. The van der Waals surface area contributed by atoms with Gasteiger partial charge in [0.15, 0.2) is 0 Å². The number of benzene rings is 5. The van der Waals surface area contributed by atoms with E-state index in [0.29, 0.717) is 0 Å². The van der Waals surface area contributed by atoms with Crippen LogP contribution in [0.15, 0.2) is 127 Å². The van der Waals surface area contributed by atoms with Crippen LogP contribution in [-0.4, -0.2) is 0 Å². The Morgan fingerprint density at radius 2 is 0.645 bits per heavy atom. The van der Waals surface area contributed by atoms with Crippen molar-refractivity contribution < 1.29 is 0 Å². The molecular weight excluding hydrogens is 396 g/mol. The molecular formula is C30H21Cl. The third-order valence-corrected chi connectivity index (χ3v) is 5.76. The summed E-state index contributed by atoms with van der Waals surface area (Å²) in [5.74, 6) is 0. The van der Waals surface area contributed by atoms with Gasteiger partial charge in [-0.3, -0.25) is 0 Å². The largest absolute Gasteiger partial charge is 0.0843 e. The Bertz CT molecular complexity index is 1220. The first kappa shape index (κ1) is 19.4. The van der Waals surface area contributed by atoms with Gasteiger partial charge in [-0.05, 0) is 62.7 Å². The number of halogens is 1. The number of hydrogen-bond donors (Lipinski definition) is 0. The highest BCUT2D eigenvalue weighted by Gasteiger charge is 2.12. The maximum absolute atomic E-state index is 6.65. The van der Waals surface area contributed by atoms with Crippen molar-refractivity contribution in [2.75, 3.05) is 0 Å². The van der Waals surface area contributed by atoms with E-state index in [-0.39, 0.29) is 0 Å². The Labute approximate surface area is 188 Å². The Hall–Kier alpha value is -3.61. The average molecular weight is 417 g/mol. The van der Waals surface area contributed by atoms with Crippen molar-refractivity contribution >= 4 is 11.6 Å². The van der Waals surface area contributed by atoms with Crippen molar-refractivity contribution in [2.45, 2.75) is 0 Å². The fourth-order valence-corrected chi connectivity index (χ4v) is 4.34. The second kappa shape index (κ2) is 8.63. The minimum atomic E-state index is 0.734. The lowest BCUT2D eigenvalue weighted by Gasteiger charge is -2.14. The van der Waals surface area contributed by atoms with Crippen molar-refractivity contribution in [3.63, 3.8) is 0 Å². The standard InChI is InChI=1S/C30H21Cl/c31-26-20-24(29-17-9-7-15-27(29)22-11-3-1-4-12-22)19-25(21-26)30-18-10-8-16-28(30)23-13-5-2-6-14-23/h1-21H. The van der Waals surface area contributed by atoms with Crippen LogP contribution >= 0.6 is 11.6 Å². The van der Waals surface area contributed by atoms with Gasteiger partial charge in [-0.1, -0.05) is 121 Å². The summed E-state index contributed by atoms with van der Waals surface area (Å²) in [6, 6.07) is 44.3.